The van der Waals surface area contributed by atoms with Crippen molar-refractivity contribution in [2.24, 2.45) is 11.8 Å². The Kier molecular flexibility index (Phi) is 4.04. The maximum atomic E-state index is 6.38. The summed E-state index contributed by atoms with van der Waals surface area (Å²) in [4.78, 5) is 15.2. The van der Waals surface area contributed by atoms with Gasteiger partial charge < -0.3 is 0 Å². The summed E-state index contributed by atoms with van der Waals surface area (Å²) < 4.78 is 0. The molecule has 29 heavy (non-hydrogen) atoms. The van der Waals surface area contributed by atoms with Crippen molar-refractivity contribution in [1.29, 1.82) is 0 Å². The zero-order chi connectivity index (χ0) is 19.3. The SMILES string of the molecule is c1ccc2cc(-c3cc(NN4NC[C@]5(CC6CCC5CC6)O4)ncn3)ccc2c1. The van der Waals surface area contributed by atoms with Gasteiger partial charge in [-0.25, -0.2) is 15.4 Å². The van der Waals surface area contributed by atoms with Crippen molar-refractivity contribution in [3.63, 3.8) is 0 Å². The highest BCUT2D eigenvalue weighted by atomic mass is 16.8. The Labute approximate surface area is 170 Å². The second kappa shape index (κ2) is 6.76. The minimum Gasteiger partial charge on any atom is -0.265 e. The minimum absolute atomic E-state index is 0.0532. The molecule has 1 atom stereocenters. The van der Waals surface area contributed by atoms with Crippen LogP contribution in [0.4, 0.5) is 5.82 Å². The van der Waals surface area contributed by atoms with Crippen molar-refractivity contribution in [3.05, 3.63) is 54.9 Å². The summed E-state index contributed by atoms with van der Waals surface area (Å²) in [5.74, 6) is 2.19. The number of fused-ring (bicyclic) bond motifs is 3. The van der Waals surface area contributed by atoms with Gasteiger partial charge in [-0.3, -0.25) is 10.3 Å². The van der Waals surface area contributed by atoms with E-state index in [1.807, 2.05) is 6.07 Å². The molecule has 1 saturated heterocycles. The zero-order valence-corrected chi connectivity index (χ0v) is 16.3. The lowest BCUT2D eigenvalue weighted by atomic mass is 9.62. The molecule has 0 radical (unpaired) electrons. The molecule has 4 aliphatic rings. The summed E-state index contributed by atoms with van der Waals surface area (Å²) in [6.45, 7) is 0.865. The topological polar surface area (TPSA) is 62.3 Å². The van der Waals surface area contributed by atoms with E-state index in [0.717, 1.165) is 30.1 Å². The maximum absolute atomic E-state index is 6.38. The first-order valence-corrected chi connectivity index (χ1v) is 10.6. The van der Waals surface area contributed by atoms with Gasteiger partial charge in [0.25, 0.3) is 0 Å². The van der Waals surface area contributed by atoms with Crippen LogP contribution in [0, 0.1) is 11.8 Å². The van der Waals surface area contributed by atoms with Crippen molar-refractivity contribution < 1.29 is 4.84 Å². The molecular formula is C23H25N5O. The van der Waals surface area contributed by atoms with Crippen molar-refractivity contribution in [3.8, 4) is 11.3 Å². The summed E-state index contributed by atoms with van der Waals surface area (Å²) in [7, 11) is 0. The fraction of sp³-hybridized carbons (Fsp3) is 0.391. The Balaban J connectivity index is 1.21. The van der Waals surface area contributed by atoms with Crippen molar-refractivity contribution in [2.45, 2.75) is 37.7 Å². The zero-order valence-electron chi connectivity index (χ0n) is 16.3. The number of nitrogens with zero attached hydrogens (tertiary/aromatic N) is 3. The number of rotatable bonds is 3. The third-order valence-electron chi connectivity index (χ3n) is 6.95. The number of hydrazine groups is 2. The Bertz CT molecular complexity index is 1050. The van der Waals surface area contributed by atoms with E-state index in [1.165, 1.54) is 36.5 Å². The summed E-state index contributed by atoms with van der Waals surface area (Å²) in [6.07, 6.45) is 8.07. The number of anilines is 1. The highest BCUT2D eigenvalue weighted by molar-refractivity contribution is 5.86. The second-order valence-corrected chi connectivity index (χ2v) is 8.67. The molecule has 0 unspecified atom stereocenters. The molecule has 2 aromatic carbocycles. The molecule has 7 rings (SSSR count). The lowest BCUT2D eigenvalue weighted by Gasteiger charge is -2.47. The standard InChI is InChI=1S/C23H25N5O/c1-2-4-18-11-19(8-7-17(18)3-1)21-12-22(25-15-24-21)27-28-26-14-23(29-28)13-16-5-9-20(23)10-6-16/h1-4,7-8,11-12,15-16,20,26H,5-6,9-10,13-14H2,(H,24,25,27)/t16?,20?,23-/m0/s1. The van der Waals surface area contributed by atoms with E-state index < -0.39 is 0 Å². The maximum Gasteiger partial charge on any atom is 0.147 e. The summed E-state index contributed by atoms with van der Waals surface area (Å²) in [5, 5.41) is 4.09. The molecular weight excluding hydrogens is 362 g/mol. The molecule has 4 fully saturated rings. The first-order chi connectivity index (χ1) is 14.3. The molecule has 2 heterocycles. The lowest BCUT2D eigenvalue weighted by Crippen LogP contribution is -2.50. The van der Waals surface area contributed by atoms with Crippen LogP contribution >= 0.6 is 0 Å². The van der Waals surface area contributed by atoms with Gasteiger partial charge in [0.1, 0.15) is 17.7 Å². The van der Waals surface area contributed by atoms with Crippen LogP contribution < -0.4 is 10.9 Å². The van der Waals surface area contributed by atoms with E-state index >= 15 is 0 Å². The smallest absolute Gasteiger partial charge is 0.147 e. The van der Waals surface area contributed by atoms with Gasteiger partial charge in [0.05, 0.1) is 5.69 Å². The number of hydrogen-bond acceptors (Lipinski definition) is 6. The van der Waals surface area contributed by atoms with Crippen molar-refractivity contribution in [2.75, 3.05) is 12.0 Å². The van der Waals surface area contributed by atoms with Crippen LogP contribution in [-0.4, -0.2) is 27.4 Å². The molecule has 1 aromatic heterocycles. The van der Waals surface area contributed by atoms with Gasteiger partial charge in [-0.1, -0.05) is 36.4 Å². The van der Waals surface area contributed by atoms with Crippen LogP contribution in [0.5, 0.6) is 0 Å². The fourth-order valence-corrected chi connectivity index (χ4v) is 5.42. The third kappa shape index (κ3) is 3.08. The number of benzene rings is 2. The van der Waals surface area contributed by atoms with E-state index in [4.69, 9.17) is 4.84 Å². The number of hydrogen-bond donors (Lipinski definition) is 2. The van der Waals surface area contributed by atoms with Gasteiger partial charge in [0.15, 0.2) is 0 Å². The fourth-order valence-electron chi connectivity index (χ4n) is 5.42. The highest BCUT2D eigenvalue weighted by Crippen LogP contribution is 2.50. The lowest BCUT2D eigenvalue weighted by molar-refractivity contribution is -0.235. The van der Waals surface area contributed by atoms with Crippen LogP contribution in [0.2, 0.25) is 0 Å². The first kappa shape index (κ1) is 17.3. The van der Waals surface area contributed by atoms with E-state index in [1.54, 1.807) is 11.6 Å². The average molecular weight is 387 g/mol. The van der Waals surface area contributed by atoms with Gasteiger partial charge in [0.2, 0.25) is 0 Å². The molecule has 3 saturated carbocycles. The molecule has 1 aliphatic heterocycles. The Morgan fingerprint density at radius 1 is 1.00 bits per heavy atom. The molecule has 6 heteroatoms. The van der Waals surface area contributed by atoms with Crippen molar-refractivity contribution in [1.82, 2.24) is 20.7 Å². The van der Waals surface area contributed by atoms with Crippen LogP contribution in [-0.2, 0) is 4.84 Å². The Morgan fingerprint density at radius 2 is 1.86 bits per heavy atom. The van der Waals surface area contributed by atoms with Crippen LogP contribution in [0.3, 0.4) is 0 Å². The van der Waals surface area contributed by atoms with Crippen LogP contribution in [0.1, 0.15) is 32.1 Å². The monoisotopic (exact) mass is 387 g/mol. The van der Waals surface area contributed by atoms with Gasteiger partial charge in [0, 0.05) is 18.2 Å². The van der Waals surface area contributed by atoms with E-state index in [9.17, 15) is 0 Å². The minimum atomic E-state index is -0.0532. The normalized spacial score (nSPS) is 29.0. The average Bonchev–Trinajstić information content (AvgIpc) is 3.16. The van der Waals surface area contributed by atoms with Gasteiger partial charge in [-0.05, 0) is 66.1 Å². The quantitative estimate of drug-likeness (QED) is 0.698. The number of nitrogens with one attached hydrogen (secondary N) is 2. The van der Waals surface area contributed by atoms with Gasteiger partial charge in [-0.2, -0.15) is 0 Å². The number of aromatic nitrogens is 2. The summed E-state index contributed by atoms with van der Waals surface area (Å²) in [5.41, 5.74) is 8.55. The van der Waals surface area contributed by atoms with E-state index in [0.29, 0.717) is 11.7 Å². The molecule has 3 aliphatic carbocycles. The first-order valence-electron chi connectivity index (χ1n) is 10.6. The molecule has 2 bridgehead atoms. The van der Waals surface area contributed by atoms with Gasteiger partial charge >= 0.3 is 0 Å². The Hall–Kier alpha value is -2.54. The predicted octanol–water partition coefficient (Wildman–Crippen LogP) is 4.32. The molecule has 3 aromatic rings. The molecule has 2 N–H and O–H groups in total. The molecule has 6 nitrogen and oxygen atoms in total. The second-order valence-electron chi connectivity index (χ2n) is 8.67. The van der Waals surface area contributed by atoms with E-state index in [-0.39, 0.29) is 5.60 Å². The predicted molar refractivity (Wildman–Crippen MR) is 112 cm³/mol. The van der Waals surface area contributed by atoms with Crippen LogP contribution in [0.15, 0.2) is 54.9 Å². The van der Waals surface area contributed by atoms with Crippen molar-refractivity contribution >= 4 is 16.6 Å². The Morgan fingerprint density at radius 3 is 2.69 bits per heavy atom. The third-order valence-corrected chi connectivity index (χ3v) is 6.95. The molecule has 0 amide bonds. The van der Waals surface area contributed by atoms with Gasteiger partial charge in [-0.15, -0.1) is 0 Å². The summed E-state index contributed by atoms with van der Waals surface area (Å²) >= 11 is 0. The largest absolute Gasteiger partial charge is 0.265 e. The van der Waals surface area contributed by atoms with E-state index in [2.05, 4.69) is 63.3 Å². The van der Waals surface area contributed by atoms with Crippen LogP contribution in [0.25, 0.3) is 22.0 Å². The molecule has 148 valence electrons. The summed E-state index contributed by atoms with van der Waals surface area (Å²) in [6, 6.07) is 16.7. The highest BCUT2D eigenvalue weighted by Gasteiger charge is 2.52. The molecule has 1 spiro atoms.